The van der Waals surface area contributed by atoms with Crippen LogP contribution in [-0.2, 0) is 0 Å². The molecule has 0 N–H and O–H groups in total. The van der Waals surface area contributed by atoms with E-state index in [-0.39, 0.29) is 11.2 Å². The second kappa shape index (κ2) is 5.35. The maximum absolute atomic E-state index is 12.0. The minimum absolute atomic E-state index is 0.206. The maximum Gasteiger partial charge on any atom is 0.162 e. The molecule has 0 saturated heterocycles. The summed E-state index contributed by atoms with van der Waals surface area (Å²) < 4.78 is 5.18. The van der Waals surface area contributed by atoms with Crippen molar-refractivity contribution in [3.05, 3.63) is 29.3 Å². The van der Waals surface area contributed by atoms with Gasteiger partial charge in [-0.2, -0.15) is 0 Å². The fraction of sp³-hybridized carbons (Fsp3) is 0.533. The third-order valence-electron chi connectivity index (χ3n) is 2.82. The molecule has 2 nitrogen and oxygen atoms in total. The van der Waals surface area contributed by atoms with Crippen molar-refractivity contribution in [1.82, 2.24) is 0 Å². The Hall–Kier alpha value is -1.31. The highest BCUT2D eigenvalue weighted by molar-refractivity contribution is 5.96. The van der Waals surface area contributed by atoms with Crippen molar-refractivity contribution in [2.45, 2.75) is 40.5 Å². The average molecular weight is 234 g/mol. The van der Waals surface area contributed by atoms with Gasteiger partial charge < -0.3 is 4.74 Å². The quantitative estimate of drug-likeness (QED) is 0.736. The van der Waals surface area contributed by atoms with E-state index < -0.39 is 0 Å². The van der Waals surface area contributed by atoms with Gasteiger partial charge in [0.2, 0.25) is 0 Å². The van der Waals surface area contributed by atoms with E-state index in [9.17, 15) is 4.79 Å². The Morgan fingerprint density at radius 3 is 2.41 bits per heavy atom. The first kappa shape index (κ1) is 13.8. The van der Waals surface area contributed by atoms with Crippen molar-refractivity contribution in [2.75, 3.05) is 7.11 Å². The zero-order chi connectivity index (χ0) is 13.1. The molecule has 1 aromatic carbocycles. The highest BCUT2D eigenvalue weighted by Crippen LogP contribution is 2.24. The lowest BCUT2D eigenvalue weighted by molar-refractivity contribution is 0.0966. The first-order valence-corrected chi connectivity index (χ1v) is 6.01. The number of benzene rings is 1. The first-order valence-electron chi connectivity index (χ1n) is 6.01. The van der Waals surface area contributed by atoms with Crippen molar-refractivity contribution < 1.29 is 9.53 Å². The van der Waals surface area contributed by atoms with E-state index in [0.717, 1.165) is 23.3 Å². The van der Waals surface area contributed by atoms with E-state index in [4.69, 9.17) is 4.74 Å². The smallest absolute Gasteiger partial charge is 0.162 e. The zero-order valence-electron chi connectivity index (χ0n) is 11.5. The summed E-state index contributed by atoms with van der Waals surface area (Å²) in [6.45, 7) is 8.41. The number of aryl methyl sites for hydroxylation is 1. The minimum atomic E-state index is 0.206. The number of carbonyl (C=O) groups is 1. The number of carbonyl (C=O) groups excluding carboxylic acids is 1. The topological polar surface area (TPSA) is 26.3 Å². The molecule has 0 fully saturated rings. The SMILES string of the molecule is COc1ccc(C(=O)CCC(C)(C)C)cc1C. The highest BCUT2D eigenvalue weighted by atomic mass is 16.5. The van der Waals surface area contributed by atoms with E-state index >= 15 is 0 Å². The van der Waals surface area contributed by atoms with Crippen molar-refractivity contribution >= 4 is 5.78 Å². The van der Waals surface area contributed by atoms with Crippen molar-refractivity contribution in [1.29, 1.82) is 0 Å². The maximum atomic E-state index is 12.0. The molecule has 0 aliphatic rings. The van der Waals surface area contributed by atoms with Crippen molar-refractivity contribution in [3.63, 3.8) is 0 Å². The van der Waals surface area contributed by atoms with Crippen LogP contribution in [0.1, 0.15) is 49.5 Å². The van der Waals surface area contributed by atoms with E-state index in [1.165, 1.54) is 0 Å². The van der Waals surface area contributed by atoms with Crippen LogP contribution in [0.4, 0.5) is 0 Å². The molecule has 0 atom stereocenters. The van der Waals surface area contributed by atoms with E-state index in [1.54, 1.807) is 7.11 Å². The minimum Gasteiger partial charge on any atom is -0.496 e. The van der Waals surface area contributed by atoms with Crippen LogP contribution in [0.5, 0.6) is 5.75 Å². The second-order valence-electron chi connectivity index (χ2n) is 5.67. The first-order chi connectivity index (χ1) is 7.83. The molecule has 0 spiro atoms. The van der Waals surface area contributed by atoms with Crippen LogP contribution in [0.2, 0.25) is 0 Å². The van der Waals surface area contributed by atoms with E-state index in [2.05, 4.69) is 20.8 Å². The summed E-state index contributed by atoms with van der Waals surface area (Å²) in [5.41, 5.74) is 2.00. The van der Waals surface area contributed by atoms with Crippen LogP contribution in [0.15, 0.2) is 18.2 Å². The molecule has 2 heteroatoms. The largest absolute Gasteiger partial charge is 0.496 e. The number of ketones is 1. The molecule has 1 aromatic rings. The average Bonchev–Trinajstić information content (AvgIpc) is 2.24. The number of hydrogen-bond acceptors (Lipinski definition) is 2. The molecule has 1 rings (SSSR count). The number of rotatable bonds is 4. The van der Waals surface area contributed by atoms with E-state index in [0.29, 0.717) is 6.42 Å². The lowest BCUT2D eigenvalue weighted by Gasteiger charge is -2.17. The Balaban J connectivity index is 2.73. The third-order valence-corrected chi connectivity index (χ3v) is 2.82. The summed E-state index contributed by atoms with van der Waals surface area (Å²) in [7, 11) is 1.64. The lowest BCUT2D eigenvalue weighted by atomic mass is 9.88. The molecule has 0 aromatic heterocycles. The van der Waals surface area contributed by atoms with Gasteiger partial charge in [0, 0.05) is 12.0 Å². The number of methoxy groups -OCH3 is 1. The van der Waals surface area contributed by atoms with Gasteiger partial charge in [-0.3, -0.25) is 4.79 Å². The summed E-state index contributed by atoms with van der Waals surface area (Å²) in [5.74, 6) is 1.04. The fourth-order valence-electron chi connectivity index (χ4n) is 1.68. The molecule has 0 amide bonds. The molecule has 0 aliphatic heterocycles. The van der Waals surface area contributed by atoms with E-state index in [1.807, 2.05) is 25.1 Å². The fourth-order valence-corrected chi connectivity index (χ4v) is 1.68. The number of Topliss-reactive ketones (excluding diaryl/α,β-unsaturated/α-hetero) is 1. The van der Waals surface area contributed by atoms with Gasteiger partial charge in [0.25, 0.3) is 0 Å². The Morgan fingerprint density at radius 2 is 1.94 bits per heavy atom. The molecule has 0 bridgehead atoms. The van der Waals surface area contributed by atoms with Gasteiger partial charge in [-0.05, 0) is 42.5 Å². The molecule has 0 saturated carbocycles. The normalized spacial score (nSPS) is 11.4. The predicted octanol–water partition coefficient (Wildman–Crippen LogP) is 4.01. The van der Waals surface area contributed by atoms with Gasteiger partial charge in [0.15, 0.2) is 5.78 Å². The van der Waals surface area contributed by atoms with Crippen LogP contribution in [0.25, 0.3) is 0 Å². The predicted molar refractivity (Wildman–Crippen MR) is 70.8 cm³/mol. The second-order valence-corrected chi connectivity index (χ2v) is 5.67. The van der Waals surface area contributed by atoms with Gasteiger partial charge in [-0.25, -0.2) is 0 Å². The van der Waals surface area contributed by atoms with Gasteiger partial charge in [0.05, 0.1) is 7.11 Å². The Bertz CT molecular complexity index is 400. The summed E-state index contributed by atoms with van der Waals surface area (Å²) in [6.07, 6.45) is 1.52. The van der Waals surface area contributed by atoms with Gasteiger partial charge in [-0.1, -0.05) is 20.8 Å². The lowest BCUT2D eigenvalue weighted by Crippen LogP contribution is -2.09. The zero-order valence-corrected chi connectivity index (χ0v) is 11.5. The monoisotopic (exact) mass is 234 g/mol. The Kier molecular flexibility index (Phi) is 4.33. The molecule has 17 heavy (non-hydrogen) atoms. The molecular formula is C15H22O2. The molecular weight excluding hydrogens is 212 g/mol. The molecule has 0 radical (unpaired) electrons. The van der Waals surface area contributed by atoms with Gasteiger partial charge >= 0.3 is 0 Å². The highest BCUT2D eigenvalue weighted by Gasteiger charge is 2.14. The van der Waals surface area contributed by atoms with Gasteiger partial charge in [0.1, 0.15) is 5.75 Å². The van der Waals surface area contributed by atoms with Crippen LogP contribution < -0.4 is 4.74 Å². The summed E-state index contributed by atoms with van der Waals surface area (Å²) >= 11 is 0. The third kappa shape index (κ3) is 4.22. The van der Waals surface area contributed by atoms with Crippen molar-refractivity contribution in [3.8, 4) is 5.75 Å². The van der Waals surface area contributed by atoms with Crippen LogP contribution in [0, 0.1) is 12.3 Å². The van der Waals surface area contributed by atoms with Crippen LogP contribution >= 0.6 is 0 Å². The Morgan fingerprint density at radius 1 is 1.29 bits per heavy atom. The summed E-state index contributed by atoms with van der Waals surface area (Å²) in [5, 5.41) is 0. The number of hydrogen-bond donors (Lipinski definition) is 0. The summed E-state index contributed by atoms with van der Waals surface area (Å²) in [4.78, 5) is 12.0. The van der Waals surface area contributed by atoms with Crippen LogP contribution in [-0.4, -0.2) is 12.9 Å². The molecule has 0 unspecified atom stereocenters. The van der Waals surface area contributed by atoms with Crippen LogP contribution in [0.3, 0.4) is 0 Å². The van der Waals surface area contributed by atoms with Gasteiger partial charge in [-0.15, -0.1) is 0 Å². The molecule has 0 heterocycles. The Labute approximate surface area is 104 Å². The summed E-state index contributed by atoms with van der Waals surface area (Å²) in [6, 6.07) is 5.61. The molecule has 94 valence electrons. The number of ether oxygens (including phenoxy) is 1. The standard InChI is InChI=1S/C15H22O2/c1-11-10-12(6-7-14(11)17-5)13(16)8-9-15(2,3)4/h6-7,10H,8-9H2,1-5H3. The molecule has 0 aliphatic carbocycles. The van der Waals surface area contributed by atoms with Crippen molar-refractivity contribution in [2.24, 2.45) is 5.41 Å².